The van der Waals surface area contributed by atoms with Gasteiger partial charge in [0.05, 0.1) is 12.1 Å². The Balaban J connectivity index is 1.62. The van der Waals surface area contributed by atoms with Crippen LogP contribution in [0.4, 0.5) is 0 Å². The van der Waals surface area contributed by atoms with Crippen molar-refractivity contribution in [3.63, 3.8) is 0 Å². The average Bonchev–Trinajstić information content (AvgIpc) is 3.09. The fraction of sp³-hybridized carbons (Fsp3) is 0.538. The van der Waals surface area contributed by atoms with Crippen LogP contribution >= 0.6 is 11.3 Å². The fourth-order valence-electron chi connectivity index (χ4n) is 2.46. The maximum atomic E-state index is 5.95. The molecule has 1 saturated heterocycles. The Morgan fingerprint density at radius 3 is 3.21 bits per heavy atom. The quantitative estimate of drug-likeness (QED) is 0.926. The topological polar surface area (TPSA) is 68.2 Å². The molecular weight excluding hydrogens is 260 g/mol. The first-order valence-corrected chi connectivity index (χ1v) is 7.50. The molecule has 2 aromatic rings. The second-order valence-corrected chi connectivity index (χ2v) is 5.95. The van der Waals surface area contributed by atoms with Gasteiger partial charge in [0.1, 0.15) is 0 Å². The molecule has 0 aliphatic carbocycles. The molecule has 0 amide bonds. The van der Waals surface area contributed by atoms with Gasteiger partial charge in [-0.2, -0.15) is 16.3 Å². The van der Waals surface area contributed by atoms with Crippen molar-refractivity contribution in [1.29, 1.82) is 0 Å². The minimum Gasteiger partial charge on any atom is -0.334 e. The van der Waals surface area contributed by atoms with E-state index >= 15 is 0 Å². The number of nitrogens with zero attached hydrogens (tertiary/aromatic N) is 3. The molecule has 0 saturated carbocycles. The lowest BCUT2D eigenvalue weighted by molar-refractivity contribution is 0.294. The molecule has 6 heteroatoms. The average molecular weight is 278 g/mol. The van der Waals surface area contributed by atoms with E-state index in [0.717, 1.165) is 37.4 Å². The SMILES string of the molecule is CC(N)C1CCN(Cc2noc(-c3ccsc3)n2)C1. The molecule has 2 unspecified atom stereocenters. The van der Waals surface area contributed by atoms with Crippen LogP contribution in [0.1, 0.15) is 19.2 Å². The largest absolute Gasteiger partial charge is 0.334 e. The highest BCUT2D eigenvalue weighted by Gasteiger charge is 2.26. The molecule has 0 aromatic carbocycles. The summed E-state index contributed by atoms with van der Waals surface area (Å²) in [5.41, 5.74) is 6.95. The lowest BCUT2D eigenvalue weighted by Crippen LogP contribution is -2.29. The molecule has 1 aliphatic heterocycles. The van der Waals surface area contributed by atoms with E-state index in [9.17, 15) is 0 Å². The molecular formula is C13H18N4OS. The van der Waals surface area contributed by atoms with Crippen molar-refractivity contribution in [1.82, 2.24) is 15.0 Å². The summed E-state index contributed by atoms with van der Waals surface area (Å²) >= 11 is 1.63. The van der Waals surface area contributed by atoms with Gasteiger partial charge in [-0.3, -0.25) is 4.90 Å². The van der Waals surface area contributed by atoms with E-state index in [4.69, 9.17) is 10.3 Å². The van der Waals surface area contributed by atoms with Crippen molar-refractivity contribution in [2.24, 2.45) is 11.7 Å². The third kappa shape index (κ3) is 2.86. The second kappa shape index (κ2) is 5.40. The zero-order chi connectivity index (χ0) is 13.2. The van der Waals surface area contributed by atoms with E-state index in [2.05, 4.69) is 22.0 Å². The van der Waals surface area contributed by atoms with Gasteiger partial charge in [-0.05, 0) is 37.3 Å². The molecule has 0 spiro atoms. The van der Waals surface area contributed by atoms with E-state index in [0.29, 0.717) is 11.8 Å². The van der Waals surface area contributed by atoms with Crippen LogP contribution < -0.4 is 5.73 Å². The highest BCUT2D eigenvalue weighted by molar-refractivity contribution is 7.08. The maximum absolute atomic E-state index is 5.95. The number of rotatable bonds is 4. The van der Waals surface area contributed by atoms with Crippen molar-refractivity contribution in [2.75, 3.05) is 13.1 Å². The van der Waals surface area contributed by atoms with Crippen LogP contribution in [0.25, 0.3) is 11.5 Å². The van der Waals surface area contributed by atoms with Gasteiger partial charge in [0.25, 0.3) is 5.89 Å². The third-order valence-corrected chi connectivity index (χ3v) is 4.34. The summed E-state index contributed by atoms with van der Waals surface area (Å²) in [7, 11) is 0. The minimum absolute atomic E-state index is 0.261. The Morgan fingerprint density at radius 2 is 2.53 bits per heavy atom. The van der Waals surface area contributed by atoms with Crippen LogP contribution in [0.15, 0.2) is 21.3 Å². The van der Waals surface area contributed by atoms with E-state index in [1.807, 2.05) is 16.8 Å². The Labute approximate surface area is 116 Å². The van der Waals surface area contributed by atoms with Crippen LogP contribution in [-0.4, -0.2) is 34.2 Å². The highest BCUT2D eigenvalue weighted by atomic mass is 32.1. The summed E-state index contributed by atoms with van der Waals surface area (Å²) < 4.78 is 5.29. The van der Waals surface area contributed by atoms with Gasteiger partial charge in [-0.25, -0.2) is 0 Å². The van der Waals surface area contributed by atoms with Gasteiger partial charge in [0.15, 0.2) is 5.82 Å². The van der Waals surface area contributed by atoms with Crippen molar-refractivity contribution < 1.29 is 4.52 Å². The molecule has 1 aliphatic rings. The molecule has 0 bridgehead atoms. The molecule has 5 nitrogen and oxygen atoms in total. The maximum Gasteiger partial charge on any atom is 0.258 e. The lowest BCUT2D eigenvalue weighted by atomic mass is 10.0. The number of nitrogens with two attached hydrogens (primary N) is 1. The first kappa shape index (κ1) is 12.8. The van der Waals surface area contributed by atoms with Gasteiger partial charge >= 0.3 is 0 Å². The van der Waals surface area contributed by atoms with E-state index in [-0.39, 0.29) is 6.04 Å². The summed E-state index contributed by atoms with van der Waals surface area (Å²) in [5, 5.41) is 8.07. The summed E-state index contributed by atoms with van der Waals surface area (Å²) in [4.78, 5) is 6.79. The summed E-state index contributed by atoms with van der Waals surface area (Å²) in [6.45, 7) is 4.92. The summed E-state index contributed by atoms with van der Waals surface area (Å²) in [5.74, 6) is 1.95. The Bertz CT molecular complexity index is 522. The van der Waals surface area contributed by atoms with Gasteiger partial charge in [0, 0.05) is 18.0 Å². The molecule has 1 fully saturated rings. The molecule has 2 aromatic heterocycles. The predicted molar refractivity (Wildman–Crippen MR) is 74.6 cm³/mol. The van der Waals surface area contributed by atoms with Gasteiger partial charge in [0.2, 0.25) is 0 Å². The molecule has 3 heterocycles. The summed E-state index contributed by atoms with van der Waals surface area (Å²) in [6, 6.07) is 2.25. The first-order chi connectivity index (χ1) is 9.22. The fourth-order valence-corrected chi connectivity index (χ4v) is 3.09. The van der Waals surface area contributed by atoms with E-state index in [1.165, 1.54) is 0 Å². The monoisotopic (exact) mass is 278 g/mol. The zero-order valence-electron chi connectivity index (χ0n) is 11.0. The molecule has 2 atom stereocenters. The molecule has 2 N–H and O–H groups in total. The van der Waals surface area contributed by atoms with Crippen LogP contribution in [0.5, 0.6) is 0 Å². The Hall–Kier alpha value is -1.24. The zero-order valence-corrected chi connectivity index (χ0v) is 11.8. The van der Waals surface area contributed by atoms with Gasteiger partial charge in [-0.1, -0.05) is 5.16 Å². The lowest BCUT2D eigenvalue weighted by Gasteiger charge is -2.15. The number of hydrogen-bond donors (Lipinski definition) is 1. The Morgan fingerprint density at radius 1 is 1.63 bits per heavy atom. The van der Waals surface area contributed by atoms with Crippen LogP contribution in [0.3, 0.4) is 0 Å². The molecule has 19 heavy (non-hydrogen) atoms. The van der Waals surface area contributed by atoms with Crippen molar-refractivity contribution in [3.8, 4) is 11.5 Å². The standard InChI is InChI=1S/C13H18N4OS/c1-9(14)10-2-4-17(6-10)7-12-15-13(18-16-12)11-3-5-19-8-11/h3,5,8-10H,2,4,6-7,14H2,1H3. The first-order valence-electron chi connectivity index (χ1n) is 6.55. The number of thiophene rings is 1. The predicted octanol–water partition coefficient (Wildman–Crippen LogP) is 1.97. The molecule has 0 radical (unpaired) electrons. The third-order valence-electron chi connectivity index (χ3n) is 3.65. The van der Waals surface area contributed by atoms with Gasteiger partial charge < -0.3 is 10.3 Å². The van der Waals surface area contributed by atoms with E-state index < -0.39 is 0 Å². The van der Waals surface area contributed by atoms with Crippen LogP contribution in [0, 0.1) is 5.92 Å². The van der Waals surface area contributed by atoms with Crippen molar-refractivity contribution >= 4 is 11.3 Å². The van der Waals surface area contributed by atoms with Crippen LogP contribution in [0.2, 0.25) is 0 Å². The number of hydrogen-bond acceptors (Lipinski definition) is 6. The summed E-state index contributed by atoms with van der Waals surface area (Å²) in [6.07, 6.45) is 1.16. The number of aromatic nitrogens is 2. The van der Waals surface area contributed by atoms with Crippen molar-refractivity contribution in [3.05, 3.63) is 22.7 Å². The number of likely N-dealkylation sites (tertiary alicyclic amines) is 1. The minimum atomic E-state index is 0.261. The van der Waals surface area contributed by atoms with E-state index in [1.54, 1.807) is 11.3 Å². The Kier molecular flexibility index (Phi) is 3.63. The second-order valence-electron chi connectivity index (χ2n) is 5.17. The smallest absolute Gasteiger partial charge is 0.258 e. The van der Waals surface area contributed by atoms with Crippen LogP contribution in [-0.2, 0) is 6.54 Å². The van der Waals surface area contributed by atoms with Gasteiger partial charge in [-0.15, -0.1) is 0 Å². The normalized spacial score (nSPS) is 21.9. The molecule has 3 rings (SSSR count). The highest BCUT2D eigenvalue weighted by Crippen LogP contribution is 2.22. The van der Waals surface area contributed by atoms with Crippen molar-refractivity contribution in [2.45, 2.75) is 25.9 Å². The molecule has 102 valence electrons.